The maximum Gasteiger partial charge on any atom is 0.0448 e. The lowest BCUT2D eigenvalue weighted by Gasteiger charge is -2.20. The summed E-state index contributed by atoms with van der Waals surface area (Å²) in [6.45, 7) is 12.2. The van der Waals surface area contributed by atoms with Gasteiger partial charge in [-0.25, -0.2) is 0 Å². The Morgan fingerprint density at radius 1 is 1.44 bits per heavy atom. The fourth-order valence-corrected chi connectivity index (χ4v) is 1.71. The molecule has 0 bridgehead atoms. The monoisotopic (exact) mass is 216 g/mol. The third-order valence-corrected chi connectivity index (χ3v) is 2.35. The number of aliphatic imine (C=N–C) groups is 1. The lowest BCUT2D eigenvalue weighted by atomic mass is 9.86. The fraction of sp³-hybridized carbons (Fsp3) is 0.429. The minimum atomic E-state index is 0.276. The van der Waals surface area contributed by atoms with Crippen molar-refractivity contribution in [1.82, 2.24) is 4.98 Å². The van der Waals surface area contributed by atoms with Gasteiger partial charge in [-0.3, -0.25) is 9.98 Å². The molecule has 0 aliphatic rings. The number of rotatable bonds is 3. The molecule has 0 spiro atoms. The molecule has 0 aromatic carbocycles. The van der Waals surface area contributed by atoms with Crippen molar-refractivity contribution in [3.63, 3.8) is 0 Å². The van der Waals surface area contributed by atoms with Crippen LogP contribution in [0.2, 0.25) is 0 Å². The average Bonchev–Trinajstić information content (AvgIpc) is 2.14. The predicted molar refractivity (Wildman–Crippen MR) is 70.7 cm³/mol. The number of pyridine rings is 1. The number of aryl methyl sites for hydroxylation is 1. The molecule has 1 heterocycles. The molecule has 2 heteroatoms. The van der Waals surface area contributed by atoms with E-state index in [4.69, 9.17) is 0 Å². The highest BCUT2D eigenvalue weighted by Gasteiger charge is 2.14. The lowest BCUT2D eigenvalue weighted by molar-refractivity contribution is 0.410. The summed E-state index contributed by atoms with van der Waals surface area (Å²) in [4.78, 5) is 8.06. The molecule has 0 saturated heterocycles. The van der Waals surface area contributed by atoms with Crippen LogP contribution in [0.25, 0.3) is 6.08 Å². The van der Waals surface area contributed by atoms with E-state index in [1.807, 2.05) is 19.2 Å². The van der Waals surface area contributed by atoms with Crippen LogP contribution in [0.4, 0.5) is 0 Å². The largest absolute Gasteiger partial charge is 0.272 e. The van der Waals surface area contributed by atoms with Crippen molar-refractivity contribution in [3.05, 3.63) is 35.3 Å². The highest BCUT2D eigenvalue weighted by molar-refractivity contribution is 5.56. The summed E-state index contributed by atoms with van der Waals surface area (Å²) in [6.07, 6.45) is 6.61. The zero-order chi connectivity index (χ0) is 12.2. The van der Waals surface area contributed by atoms with Gasteiger partial charge in [-0.1, -0.05) is 20.8 Å². The van der Waals surface area contributed by atoms with Gasteiger partial charge >= 0.3 is 0 Å². The van der Waals surface area contributed by atoms with Crippen LogP contribution in [0, 0.1) is 12.3 Å². The van der Waals surface area contributed by atoms with Gasteiger partial charge in [-0.15, -0.1) is 0 Å². The Morgan fingerprint density at radius 3 is 2.69 bits per heavy atom. The van der Waals surface area contributed by atoms with Gasteiger partial charge in [-0.05, 0) is 43.2 Å². The van der Waals surface area contributed by atoms with E-state index in [2.05, 4.69) is 43.5 Å². The normalized spacial score (nSPS) is 12.0. The smallest absolute Gasteiger partial charge is 0.0448 e. The predicted octanol–water partition coefficient (Wildman–Crippen LogP) is 3.65. The summed E-state index contributed by atoms with van der Waals surface area (Å²) in [5, 5.41) is 0. The van der Waals surface area contributed by atoms with Gasteiger partial charge in [0.2, 0.25) is 0 Å². The van der Waals surface area contributed by atoms with Crippen LogP contribution in [-0.4, -0.2) is 11.7 Å². The van der Waals surface area contributed by atoms with E-state index in [0.29, 0.717) is 0 Å². The summed E-state index contributed by atoms with van der Waals surface area (Å²) in [5.41, 5.74) is 3.81. The lowest BCUT2D eigenvalue weighted by Crippen LogP contribution is -2.11. The van der Waals surface area contributed by atoms with Crippen LogP contribution in [0.15, 0.2) is 23.5 Å². The highest BCUT2D eigenvalue weighted by atomic mass is 14.7. The minimum absolute atomic E-state index is 0.276. The van der Waals surface area contributed by atoms with Crippen LogP contribution in [0.1, 0.15) is 37.6 Å². The van der Waals surface area contributed by atoms with Crippen molar-refractivity contribution < 1.29 is 0 Å². The molecule has 86 valence electrons. The quantitative estimate of drug-likeness (QED) is 0.708. The molecule has 1 aromatic rings. The Hall–Kier alpha value is -1.44. The zero-order valence-electron chi connectivity index (χ0n) is 10.6. The van der Waals surface area contributed by atoms with E-state index >= 15 is 0 Å². The van der Waals surface area contributed by atoms with Gasteiger partial charge in [0.15, 0.2) is 0 Å². The first kappa shape index (κ1) is 12.6. The first-order valence-corrected chi connectivity index (χ1v) is 5.51. The molecule has 0 aliphatic heterocycles. The number of nitrogens with zero attached hydrogens (tertiary/aromatic N) is 2. The summed E-state index contributed by atoms with van der Waals surface area (Å²) >= 11 is 0. The molecule has 0 unspecified atom stereocenters. The number of hydrogen-bond acceptors (Lipinski definition) is 2. The number of aromatic nitrogens is 1. The maximum absolute atomic E-state index is 4.31. The molecular weight excluding hydrogens is 196 g/mol. The Balaban J connectivity index is 3.12. The molecular formula is C14H20N2. The summed E-state index contributed by atoms with van der Waals surface area (Å²) in [5.74, 6) is 0. The van der Waals surface area contributed by atoms with Gasteiger partial charge < -0.3 is 0 Å². The first-order chi connectivity index (χ1) is 7.44. The Bertz CT molecular complexity index is 398. The second kappa shape index (κ2) is 5.06. The van der Waals surface area contributed by atoms with E-state index in [9.17, 15) is 0 Å². The standard InChI is InChI=1S/C14H20N2/c1-11-13(7-8-15-5)12(6-9-16-11)10-14(2,3)4/h6-9H,5,10H2,1-4H3/b8-7-. The van der Waals surface area contributed by atoms with E-state index in [1.165, 1.54) is 11.1 Å². The van der Waals surface area contributed by atoms with Gasteiger partial charge in [0.25, 0.3) is 0 Å². The van der Waals surface area contributed by atoms with E-state index in [-0.39, 0.29) is 5.41 Å². The minimum Gasteiger partial charge on any atom is -0.272 e. The Morgan fingerprint density at radius 2 is 2.12 bits per heavy atom. The Labute approximate surface area is 98.1 Å². The van der Waals surface area contributed by atoms with Crippen molar-refractivity contribution in [1.29, 1.82) is 0 Å². The highest BCUT2D eigenvalue weighted by Crippen LogP contribution is 2.24. The van der Waals surface area contributed by atoms with Crippen molar-refractivity contribution in [2.45, 2.75) is 34.1 Å². The van der Waals surface area contributed by atoms with Gasteiger partial charge in [0, 0.05) is 23.7 Å². The molecule has 0 saturated carbocycles. The summed E-state index contributed by atoms with van der Waals surface area (Å²) < 4.78 is 0. The molecule has 1 rings (SSSR count). The maximum atomic E-state index is 4.31. The van der Waals surface area contributed by atoms with Gasteiger partial charge in [-0.2, -0.15) is 0 Å². The Kier molecular flexibility index (Phi) is 3.99. The second-order valence-corrected chi connectivity index (χ2v) is 5.20. The molecule has 0 radical (unpaired) electrons. The molecule has 0 atom stereocenters. The third-order valence-electron chi connectivity index (χ3n) is 2.35. The van der Waals surface area contributed by atoms with Gasteiger partial charge in [0.1, 0.15) is 0 Å². The SMILES string of the molecule is C=N/C=C\c1c(CC(C)(C)C)ccnc1C. The van der Waals surface area contributed by atoms with E-state index in [1.54, 1.807) is 6.20 Å². The van der Waals surface area contributed by atoms with Crippen molar-refractivity contribution in [3.8, 4) is 0 Å². The molecule has 0 N–H and O–H groups in total. The number of hydrogen-bond donors (Lipinski definition) is 0. The van der Waals surface area contributed by atoms with Crippen LogP contribution in [0.5, 0.6) is 0 Å². The molecule has 16 heavy (non-hydrogen) atoms. The average molecular weight is 216 g/mol. The third kappa shape index (κ3) is 3.61. The molecule has 1 aromatic heterocycles. The fourth-order valence-electron chi connectivity index (χ4n) is 1.71. The van der Waals surface area contributed by atoms with Crippen molar-refractivity contribution >= 4 is 12.8 Å². The zero-order valence-corrected chi connectivity index (χ0v) is 10.6. The van der Waals surface area contributed by atoms with Gasteiger partial charge in [0.05, 0.1) is 0 Å². The molecule has 2 nitrogen and oxygen atoms in total. The second-order valence-electron chi connectivity index (χ2n) is 5.20. The van der Waals surface area contributed by atoms with Crippen molar-refractivity contribution in [2.24, 2.45) is 10.4 Å². The van der Waals surface area contributed by atoms with Crippen LogP contribution >= 0.6 is 0 Å². The summed E-state index contributed by atoms with van der Waals surface area (Å²) in [6, 6.07) is 2.08. The summed E-state index contributed by atoms with van der Waals surface area (Å²) in [7, 11) is 0. The topological polar surface area (TPSA) is 25.2 Å². The van der Waals surface area contributed by atoms with E-state index < -0.39 is 0 Å². The van der Waals surface area contributed by atoms with Crippen LogP contribution in [0.3, 0.4) is 0 Å². The molecule has 0 fully saturated rings. The molecule has 0 aliphatic carbocycles. The van der Waals surface area contributed by atoms with Crippen LogP contribution in [-0.2, 0) is 6.42 Å². The molecule has 0 amide bonds. The van der Waals surface area contributed by atoms with Crippen LogP contribution < -0.4 is 0 Å². The van der Waals surface area contributed by atoms with E-state index in [0.717, 1.165) is 12.1 Å². The first-order valence-electron chi connectivity index (χ1n) is 5.51. The van der Waals surface area contributed by atoms with Crippen molar-refractivity contribution in [2.75, 3.05) is 0 Å².